The molecule has 0 heterocycles. The van der Waals surface area contributed by atoms with Gasteiger partial charge in [-0.1, -0.05) is 17.7 Å². The van der Waals surface area contributed by atoms with Crippen molar-refractivity contribution in [3.05, 3.63) is 33.3 Å². The van der Waals surface area contributed by atoms with Gasteiger partial charge in [0.15, 0.2) is 0 Å². The summed E-state index contributed by atoms with van der Waals surface area (Å²) >= 11 is 9.18. The Morgan fingerprint density at radius 2 is 2.12 bits per heavy atom. The van der Waals surface area contributed by atoms with Crippen LogP contribution in [0.1, 0.15) is 17.3 Å². The maximum Gasteiger partial charge on any atom is 0.328 e. The van der Waals surface area contributed by atoms with Gasteiger partial charge in [-0.3, -0.25) is 4.79 Å². The van der Waals surface area contributed by atoms with Gasteiger partial charge in [0.1, 0.15) is 6.04 Å². The third-order valence-corrected chi connectivity index (χ3v) is 3.39. The van der Waals surface area contributed by atoms with Crippen molar-refractivity contribution in [3.8, 4) is 0 Å². The third kappa shape index (κ3) is 3.44. The number of hydrogen-bond acceptors (Lipinski definition) is 3. The molecule has 6 heteroatoms. The minimum atomic E-state index is -0.720. The van der Waals surface area contributed by atoms with Crippen LogP contribution in [-0.4, -0.2) is 25.0 Å². The zero-order valence-corrected chi connectivity index (χ0v) is 11.6. The van der Waals surface area contributed by atoms with E-state index >= 15 is 0 Å². The summed E-state index contributed by atoms with van der Waals surface area (Å²) in [5.74, 6) is -0.932. The van der Waals surface area contributed by atoms with Crippen molar-refractivity contribution in [2.45, 2.75) is 13.0 Å². The SMILES string of the molecule is COC(=O)C(C)NC(=O)c1cccc(Br)c1Cl. The first-order valence-corrected chi connectivity index (χ1v) is 5.97. The van der Waals surface area contributed by atoms with E-state index in [1.807, 2.05) is 0 Å². The van der Waals surface area contributed by atoms with E-state index in [0.717, 1.165) is 0 Å². The molecule has 4 nitrogen and oxygen atoms in total. The highest BCUT2D eigenvalue weighted by atomic mass is 79.9. The summed E-state index contributed by atoms with van der Waals surface area (Å²) in [6, 6.07) is 4.27. The fraction of sp³-hybridized carbons (Fsp3) is 0.273. The van der Waals surface area contributed by atoms with Crippen molar-refractivity contribution < 1.29 is 14.3 Å². The molecule has 1 unspecified atom stereocenters. The maximum atomic E-state index is 11.8. The van der Waals surface area contributed by atoms with E-state index in [1.165, 1.54) is 14.0 Å². The van der Waals surface area contributed by atoms with Gasteiger partial charge in [0.25, 0.3) is 5.91 Å². The number of carbonyl (C=O) groups is 2. The van der Waals surface area contributed by atoms with E-state index in [-0.39, 0.29) is 0 Å². The minimum absolute atomic E-state index is 0.303. The monoisotopic (exact) mass is 319 g/mol. The second kappa shape index (κ2) is 6.02. The predicted molar refractivity (Wildman–Crippen MR) is 68.1 cm³/mol. The standard InChI is InChI=1S/C11H11BrClNO3/c1-6(11(16)17-2)14-10(15)7-4-3-5-8(12)9(7)13/h3-6H,1-2H3,(H,14,15). The summed E-state index contributed by atoms with van der Waals surface area (Å²) in [6.45, 7) is 1.54. The molecular formula is C11H11BrClNO3. The zero-order chi connectivity index (χ0) is 13.0. The Morgan fingerprint density at radius 3 is 2.71 bits per heavy atom. The fourth-order valence-corrected chi connectivity index (χ4v) is 1.77. The van der Waals surface area contributed by atoms with E-state index in [4.69, 9.17) is 11.6 Å². The van der Waals surface area contributed by atoms with Crippen LogP contribution in [0.15, 0.2) is 22.7 Å². The van der Waals surface area contributed by atoms with Crippen molar-refractivity contribution in [2.24, 2.45) is 0 Å². The second-order valence-corrected chi connectivity index (χ2v) is 4.55. The van der Waals surface area contributed by atoms with Crippen molar-refractivity contribution >= 4 is 39.4 Å². The average molecular weight is 321 g/mol. The highest BCUT2D eigenvalue weighted by Gasteiger charge is 2.19. The molecule has 1 amide bonds. The third-order valence-electron chi connectivity index (χ3n) is 2.10. The number of methoxy groups -OCH3 is 1. The summed E-state index contributed by atoms with van der Waals surface area (Å²) in [5.41, 5.74) is 0.303. The molecule has 0 fully saturated rings. The van der Waals surface area contributed by atoms with E-state index in [9.17, 15) is 9.59 Å². The van der Waals surface area contributed by atoms with Crippen molar-refractivity contribution in [2.75, 3.05) is 7.11 Å². The first kappa shape index (κ1) is 14.0. The molecular weight excluding hydrogens is 309 g/mol. The van der Waals surface area contributed by atoms with Gasteiger partial charge in [-0.2, -0.15) is 0 Å². The summed E-state index contributed by atoms with van der Waals surface area (Å²) < 4.78 is 5.13. The van der Waals surface area contributed by atoms with Gasteiger partial charge in [0.2, 0.25) is 0 Å². The number of halogens is 2. The van der Waals surface area contributed by atoms with E-state index in [0.29, 0.717) is 15.1 Å². The van der Waals surface area contributed by atoms with E-state index in [1.54, 1.807) is 18.2 Å². The lowest BCUT2D eigenvalue weighted by Gasteiger charge is -2.12. The van der Waals surface area contributed by atoms with Crippen LogP contribution in [0.4, 0.5) is 0 Å². The van der Waals surface area contributed by atoms with Crippen LogP contribution in [0, 0.1) is 0 Å². The minimum Gasteiger partial charge on any atom is -0.467 e. The quantitative estimate of drug-likeness (QED) is 0.870. The summed E-state index contributed by atoms with van der Waals surface area (Å²) in [5, 5.41) is 2.80. The molecule has 1 rings (SSSR count). The molecule has 0 aliphatic heterocycles. The van der Waals surface area contributed by atoms with Crippen molar-refractivity contribution in [1.82, 2.24) is 5.32 Å². The molecule has 0 radical (unpaired) electrons. The zero-order valence-electron chi connectivity index (χ0n) is 9.29. The van der Waals surface area contributed by atoms with Gasteiger partial charge in [-0.15, -0.1) is 0 Å². The number of benzene rings is 1. The Morgan fingerprint density at radius 1 is 1.47 bits per heavy atom. The molecule has 0 aliphatic rings. The van der Waals surface area contributed by atoms with Gasteiger partial charge >= 0.3 is 5.97 Å². The molecule has 1 N–H and O–H groups in total. The Bertz CT molecular complexity index is 450. The number of rotatable bonds is 3. The maximum absolute atomic E-state index is 11.8. The first-order valence-electron chi connectivity index (χ1n) is 4.80. The second-order valence-electron chi connectivity index (χ2n) is 3.32. The number of carbonyl (C=O) groups excluding carboxylic acids is 2. The number of amides is 1. The lowest BCUT2D eigenvalue weighted by atomic mass is 10.2. The molecule has 0 aromatic heterocycles. The average Bonchev–Trinajstić information content (AvgIpc) is 2.31. The lowest BCUT2D eigenvalue weighted by molar-refractivity contribution is -0.142. The molecule has 17 heavy (non-hydrogen) atoms. The van der Waals surface area contributed by atoms with E-state index < -0.39 is 17.9 Å². The Balaban J connectivity index is 2.84. The van der Waals surface area contributed by atoms with Gasteiger partial charge < -0.3 is 10.1 Å². The molecule has 0 spiro atoms. The Kier molecular flexibility index (Phi) is 4.96. The van der Waals surface area contributed by atoms with Crippen LogP contribution >= 0.6 is 27.5 Å². The highest BCUT2D eigenvalue weighted by Crippen LogP contribution is 2.25. The summed E-state index contributed by atoms with van der Waals surface area (Å²) in [7, 11) is 1.26. The smallest absolute Gasteiger partial charge is 0.328 e. The normalized spacial score (nSPS) is 11.8. The molecule has 1 aromatic carbocycles. The van der Waals surface area contributed by atoms with Crippen molar-refractivity contribution in [1.29, 1.82) is 0 Å². The first-order chi connectivity index (χ1) is 7.97. The van der Waals surface area contributed by atoms with Gasteiger partial charge in [0.05, 0.1) is 17.7 Å². The van der Waals surface area contributed by atoms with Crippen LogP contribution in [0.5, 0.6) is 0 Å². The van der Waals surface area contributed by atoms with Crippen LogP contribution in [0.2, 0.25) is 5.02 Å². The number of nitrogens with one attached hydrogen (secondary N) is 1. The summed E-state index contributed by atoms with van der Waals surface area (Å²) in [4.78, 5) is 23.0. The molecule has 0 aliphatic carbocycles. The molecule has 92 valence electrons. The van der Waals surface area contributed by atoms with Crippen LogP contribution in [-0.2, 0) is 9.53 Å². The summed E-state index contributed by atoms with van der Waals surface area (Å²) in [6.07, 6.45) is 0. The van der Waals surface area contributed by atoms with Gasteiger partial charge in [0, 0.05) is 4.47 Å². The predicted octanol–water partition coefficient (Wildman–Crippen LogP) is 2.39. The highest BCUT2D eigenvalue weighted by molar-refractivity contribution is 9.10. The largest absolute Gasteiger partial charge is 0.467 e. The van der Waals surface area contributed by atoms with Crippen molar-refractivity contribution in [3.63, 3.8) is 0 Å². The fourth-order valence-electron chi connectivity index (χ4n) is 1.19. The van der Waals surface area contributed by atoms with E-state index in [2.05, 4.69) is 26.0 Å². The molecule has 0 bridgehead atoms. The number of hydrogen-bond donors (Lipinski definition) is 1. The van der Waals surface area contributed by atoms with Gasteiger partial charge in [-0.05, 0) is 35.0 Å². The molecule has 0 saturated carbocycles. The molecule has 1 atom stereocenters. The number of esters is 1. The molecule has 0 saturated heterocycles. The van der Waals surface area contributed by atoms with Crippen LogP contribution < -0.4 is 5.32 Å². The Hall–Kier alpha value is -1.07. The van der Waals surface area contributed by atoms with Gasteiger partial charge in [-0.25, -0.2) is 4.79 Å². The van der Waals surface area contributed by atoms with Crippen LogP contribution in [0.25, 0.3) is 0 Å². The molecule has 1 aromatic rings. The van der Waals surface area contributed by atoms with Crippen LogP contribution in [0.3, 0.4) is 0 Å². The topological polar surface area (TPSA) is 55.4 Å². The lowest BCUT2D eigenvalue weighted by Crippen LogP contribution is -2.39. The number of ether oxygens (including phenoxy) is 1. The Labute approximate surface area is 112 Å².